The molecule has 0 bridgehead atoms. The summed E-state index contributed by atoms with van der Waals surface area (Å²) in [7, 11) is 0. The third-order valence-electron chi connectivity index (χ3n) is 2.47. The van der Waals surface area contributed by atoms with Crippen LogP contribution in [0.15, 0.2) is 4.52 Å². The molecule has 0 radical (unpaired) electrons. The average molecular weight is 254 g/mol. The van der Waals surface area contributed by atoms with Crippen LogP contribution in [0.25, 0.3) is 0 Å². The van der Waals surface area contributed by atoms with E-state index in [0.29, 0.717) is 31.1 Å². The number of rotatable bonds is 5. The van der Waals surface area contributed by atoms with Crippen LogP contribution < -0.4 is 11.1 Å². The molecule has 6 heteroatoms. The Balaban J connectivity index is 2.59. The number of carbonyl (C=O) groups is 1. The SMILES string of the molecule is CC(NC(=O)CCCN)c1nc(C(C)(C)C)no1. The van der Waals surface area contributed by atoms with Crippen LogP contribution in [-0.4, -0.2) is 22.6 Å². The molecule has 0 spiro atoms. The van der Waals surface area contributed by atoms with Gasteiger partial charge in [-0.3, -0.25) is 4.79 Å². The summed E-state index contributed by atoms with van der Waals surface area (Å²) in [6.07, 6.45) is 1.09. The van der Waals surface area contributed by atoms with Gasteiger partial charge in [0, 0.05) is 11.8 Å². The molecule has 18 heavy (non-hydrogen) atoms. The summed E-state index contributed by atoms with van der Waals surface area (Å²) in [4.78, 5) is 15.8. The summed E-state index contributed by atoms with van der Waals surface area (Å²) in [6.45, 7) is 8.35. The van der Waals surface area contributed by atoms with E-state index in [1.807, 2.05) is 27.7 Å². The maximum Gasteiger partial charge on any atom is 0.248 e. The summed E-state index contributed by atoms with van der Waals surface area (Å²) in [6, 6.07) is -0.279. The van der Waals surface area contributed by atoms with Crippen molar-refractivity contribution in [3.05, 3.63) is 11.7 Å². The molecule has 0 aliphatic carbocycles. The Labute approximate surface area is 107 Å². The normalized spacial score (nSPS) is 13.4. The number of nitrogens with one attached hydrogen (secondary N) is 1. The third-order valence-corrected chi connectivity index (χ3v) is 2.47. The molecule has 1 atom stereocenters. The van der Waals surface area contributed by atoms with E-state index in [4.69, 9.17) is 10.3 Å². The van der Waals surface area contributed by atoms with Gasteiger partial charge in [0.2, 0.25) is 11.8 Å². The quantitative estimate of drug-likeness (QED) is 0.825. The average Bonchev–Trinajstić information content (AvgIpc) is 2.75. The Morgan fingerprint density at radius 1 is 1.50 bits per heavy atom. The van der Waals surface area contributed by atoms with Gasteiger partial charge in [0.25, 0.3) is 0 Å². The second-order valence-electron chi connectivity index (χ2n) is 5.39. The zero-order chi connectivity index (χ0) is 13.8. The Hall–Kier alpha value is -1.43. The standard InChI is InChI=1S/C12H22N4O2/c1-8(14-9(17)6-5-7-13)10-15-11(16-18-10)12(2,3)4/h8H,5-7,13H2,1-4H3,(H,14,17). The molecular weight excluding hydrogens is 232 g/mol. The molecule has 1 heterocycles. The van der Waals surface area contributed by atoms with Crippen molar-refractivity contribution in [3.8, 4) is 0 Å². The molecular formula is C12H22N4O2. The lowest BCUT2D eigenvalue weighted by Gasteiger charge is -2.11. The Kier molecular flexibility index (Phi) is 4.84. The number of amides is 1. The van der Waals surface area contributed by atoms with E-state index in [1.165, 1.54) is 0 Å². The van der Waals surface area contributed by atoms with Gasteiger partial charge in [0.05, 0.1) is 0 Å². The Bertz CT molecular complexity index is 395. The highest BCUT2D eigenvalue weighted by Crippen LogP contribution is 2.20. The lowest BCUT2D eigenvalue weighted by Crippen LogP contribution is -2.27. The zero-order valence-electron chi connectivity index (χ0n) is 11.5. The fraction of sp³-hybridized carbons (Fsp3) is 0.750. The van der Waals surface area contributed by atoms with Crippen LogP contribution in [0.3, 0.4) is 0 Å². The number of hydrogen-bond donors (Lipinski definition) is 2. The highest BCUT2D eigenvalue weighted by molar-refractivity contribution is 5.76. The Morgan fingerprint density at radius 2 is 2.17 bits per heavy atom. The van der Waals surface area contributed by atoms with Crippen molar-refractivity contribution in [2.45, 2.75) is 52.0 Å². The first kappa shape index (κ1) is 14.6. The fourth-order valence-electron chi connectivity index (χ4n) is 1.35. The summed E-state index contributed by atoms with van der Waals surface area (Å²) in [5.74, 6) is 1.02. The minimum Gasteiger partial charge on any atom is -0.345 e. The molecule has 0 saturated carbocycles. The number of aromatic nitrogens is 2. The molecule has 6 nitrogen and oxygen atoms in total. The summed E-state index contributed by atoms with van der Waals surface area (Å²) in [5, 5.41) is 6.73. The van der Waals surface area contributed by atoms with Crippen LogP contribution in [0.5, 0.6) is 0 Å². The molecule has 1 unspecified atom stereocenters. The highest BCUT2D eigenvalue weighted by Gasteiger charge is 2.23. The van der Waals surface area contributed by atoms with Crippen LogP contribution in [-0.2, 0) is 10.2 Å². The number of nitrogens with zero attached hydrogens (tertiary/aromatic N) is 2. The predicted molar refractivity (Wildman–Crippen MR) is 67.8 cm³/mol. The molecule has 0 aliphatic rings. The first-order valence-electron chi connectivity index (χ1n) is 6.18. The van der Waals surface area contributed by atoms with Crippen LogP contribution >= 0.6 is 0 Å². The largest absolute Gasteiger partial charge is 0.345 e. The van der Waals surface area contributed by atoms with Gasteiger partial charge in [-0.2, -0.15) is 4.98 Å². The van der Waals surface area contributed by atoms with Crippen molar-refractivity contribution in [2.24, 2.45) is 5.73 Å². The Morgan fingerprint density at radius 3 is 2.67 bits per heavy atom. The molecule has 0 saturated heterocycles. The number of hydrogen-bond acceptors (Lipinski definition) is 5. The molecule has 1 rings (SSSR count). The van der Waals surface area contributed by atoms with Crippen LogP contribution in [0.1, 0.15) is 58.3 Å². The van der Waals surface area contributed by atoms with Crippen molar-refractivity contribution in [3.63, 3.8) is 0 Å². The second kappa shape index (κ2) is 5.95. The van der Waals surface area contributed by atoms with E-state index >= 15 is 0 Å². The van der Waals surface area contributed by atoms with Crippen molar-refractivity contribution >= 4 is 5.91 Å². The molecule has 3 N–H and O–H groups in total. The minimum absolute atomic E-state index is 0.0524. The van der Waals surface area contributed by atoms with Gasteiger partial charge in [0.15, 0.2) is 5.82 Å². The van der Waals surface area contributed by atoms with E-state index < -0.39 is 0 Å². The predicted octanol–water partition coefficient (Wildman–Crippen LogP) is 1.28. The summed E-state index contributed by atoms with van der Waals surface area (Å²) >= 11 is 0. The van der Waals surface area contributed by atoms with E-state index in [-0.39, 0.29) is 17.4 Å². The van der Waals surface area contributed by atoms with Crippen molar-refractivity contribution in [1.29, 1.82) is 0 Å². The van der Waals surface area contributed by atoms with Gasteiger partial charge >= 0.3 is 0 Å². The maximum atomic E-state index is 11.5. The second-order valence-corrected chi connectivity index (χ2v) is 5.39. The van der Waals surface area contributed by atoms with Gasteiger partial charge in [-0.15, -0.1) is 0 Å². The summed E-state index contributed by atoms with van der Waals surface area (Å²) < 4.78 is 5.16. The van der Waals surface area contributed by atoms with Gasteiger partial charge in [-0.05, 0) is 19.9 Å². The number of nitrogens with two attached hydrogens (primary N) is 1. The first-order chi connectivity index (χ1) is 8.34. The topological polar surface area (TPSA) is 94.0 Å². The van der Waals surface area contributed by atoms with Crippen LogP contribution in [0.4, 0.5) is 0 Å². The number of carbonyl (C=O) groups excluding carboxylic acids is 1. The van der Waals surface area contributed by atoms with Gasteiger partial charge in [0.1, 0.15) is 6.04 Å². The van der Waals surface area contributed by atoms with Gasteiger partial charge in [-0.25, -0.2) is 0 Å². The third kappa shape index (κ3) is 4.10. The van der Waals surface area contributed by atoms with Gasteiger partial charge < -0.3 is 15.6 Å². The maximum absolute atomic E-state index is 11.5. The minimum atomic E-state index is -0.279. The lowest BCUT2D eigenvalue weighted by molar-refractivity contribution is -0.121. The molecule has 0 aromatic carbocycles. The molecule has 0 fully saturated rings. The van der Waals surface area contributed by atoms with E-state index in [9.17, 15) is 4.79 Å². The van der Waals surface area contributed by atoms with Crippen molar-refractivity contribution < 1.29 is 9.32 Å². The van der Waals surface area contributed by atoms with E-state index in [1.54, 1.807) is 0 Å². The lowest BCUT2D eigenvalue weighted by atomic mass is 9.96. The molecule has 1 aromatic rings. The molecule has 1 aromatic heterocycles. The monoisotopic (exact) mass is 254 g/mol. The van der Waals surface area contributed by atoms with Crippen molar-refractivity contribution in [2.75, 3.05) is 6.54 Å². The molecule has 102 valence electrons. The van der Waals surface area contributed by atoms with E-state index in [2.05, 4.69) is 15.5 Å². The molecule has 1 amide bonds. The van der Waals surface area contributed by atoms with E-state index in [0.717, 1.165) is 0 Å². The van der Waals surface area contributed by atoms with Crippen LogP contribution in [0, 0.1) is 0 Å². The molecule has 0 aliphatic heterocycles. The van der Waals surface area contributed by atoms with Gasteiger partial charge in [-0.1, -0.05) is 25.9 Å². The fourth-order valence-corrected chi connectivity index (χ4v) is 1.35. The smallest absolute Gasteiger partial charge is 0.248 e. The summed E-state index contributed by atoms with van der Waals surface area (Å²) in [5.41, 5.74) is 5.19. The first-order valence-corrected chi connectivity index (χ1v) is 6.18. The van der Waals surface area contributed by atoms with Crippen LogP contribution in [0.2, 0.25) is 0 Å². The zero-order valence-corrected chi connectivity index (χ0v) is 11.5. The van der Waals surface area contributed by atoms with Crippen molar-refractivity contribution in [1.82, 2.24) is 15.5 Å². The highest BCUT2D eigenvalue weighted by atomic mass is 16.5.